The minimum absolute atomic E-state index is 0.00949. The molecular weight excluding hydrogens is 364 g/mol. The molecule has 0 aliphatic heterocycles. The summed E-state index contributed by atoms with van der Waals surface area (Å²) in [6, 6.07) is 8.09. The van der Waals surface area contributed by atoms with E-state index in [2.05, 4.69) is 30.0 Å². The molecular formula is C22H26N6O. The van der Waals surface area contributed by atoms with E-state index in [1.807, 2.05) is 36.6 Å². The SMILES string of the molecule is CCC(CC)c1cc(C)n2nc(-c3ccc(-n4cncn4)cc3C)n(C)c(=O)c12. The average Bonchev–Trinajstić information content (AvgIpc) is 3.35. The van der Waals surface area contributed by atoms with Crippen LogP contribution in [0.2, 0.25) is 0 Å². The fourth-order valence-corrected chi connectivity index (χ4v) is 4.07. The summed E-state index contributed by atoms with van der Waals surface area (Å²) in [5.41, 5.74) is 5.63. The molecule has 0 N–H and O–H groups in total. The number of rotatable bonds is 5. The maximum absolute atomic E-state index is 13.3. The Bertz CT molecular complexity index is 1230. The van der Waals surface area contributed by atoms with E-state index in [4.69, 9.17) is 5.10 Å². The van der Waals surface area contributed by atoms with Gasteiger partial charge < -0.3 is 0 Å². The number of aromatic nitrogens is 6. The van der Waals surface area contributed by atoms with E-state index in [9.17, 15) is 4.79 Å². The molecule has 3 aromatic heterocycles. The lowest BCUT2D eigenvalue weighted by atomic mass is 9.95. The molecule has 0 saturated carbocycles. The molecule has 7 nitrogen and oxygen atoms in total. The molecule has 0 amide bonds. The third kappa shape index (κ3) is 3.06. The minimum Gasteiger partial charge on any atom is -0.293 e. The van der Waals surface area contributed by atoms with Crippen LogP contribution >= 0.6 is 0 Å². The first-order valence-corrected chi connectivity index (χ1v) is 10.0. The van der Waals surface area contributed by atoms with Gasteiger partial charge in [-0.3, -0.25) is 9.36 Å². The number of hydrogen-bond acceptors (Lipinski definition) is 4. The Hall–Kier alpha value is -3.22. The van der Waals surface area contributed by atoms with Crippen molar-refractivity contribution >= 4 is 5.52 Å². The molecule has 0 bridgehead atoms. The molecule has 0 atom stereocenters. The number of aryl methyl sites for hydroxylation is 2. The molecule has 0 spiro atoms. The summed E-state index contributed by atoms with van der Waals surface area (Å²) in [5.74, 6) is 1.02. The van der Waals surface area contributed by atoms with Crippen molar-refractivity contribution in [2.24, 2.45) is 7.05 Å². The van der Waals surface area contributed by atoms with Crippen LogP contribution in [0.1, 0.15) is 49.4 Å². The summed E-state index contributed by atoms with van der Waals surface area (Å²) in [4.78, 5) is 17.3. The van der Waals surface area contributed by atoms with Crippen LogP contribution < -0.4 is 5.56 Å². The highest BCUT2D eigenvalue weighted by Gasteiger charge is 2.21. The van der Waals surface area contributed by atoms with Gasteiger partial charge in [-0.05, 0) is 68.0 Å². The van der Waals surface area contributed by atoms with E-state index < -0.39 is 0 Å². The Morgan fingerprint density at radius 2 is 1.86 bits per heavy atom. The number of fused-ring (bicyclic) bond motifs is 1. The summed E-state index contributed by atoms with van der Waals surface area (Å²) in [5, 5.41) is 9.06. The standard InChI is InChI=1S/C22H26N6O/c1-6-16(7-2)19-11-15(4)28-20(19)22(29)26(5)21(25-28)18-9-8-17(10-14(18)3)27-13-23-12-24-27/h8-13,16H,6-7H2,1-5H3. The molecule has 0 aliphatic carbocycles. The molecule has 4 rings (SSSR count). The topological polar surface area (TPSA) is 70.0 Å². The first kappa shape index (κ1) is 19.1. The summed E-state index contributed by atoms with van der Waals surface area (Å²) < 4.78 is 5.19. The van der Waals surface area contributed by atoms with Gasteiger partial charge in [0.05, 0.1) is 5.69 Å². The second-order valence-corrected chi connectivity index (χ2v) is 7.54. The fourth-order valence-electron chi connectivity index (χ4n) is 4.07. The minimum atomic E-state index is -0.00949. The van der Waals surface area contributed by atoms with Gasteiger partial charge in [0.15, 0.2) is 5.82 Å². The Kier molecular flexibility index (Phi) is 4.82. The smallest absolute Gasteiger partial charge is 0.278 e. The van der Waals surface area contributed by atoms with Crippen molar-refractivity contribution in [2.75, 3.05) is 0 Å². The van der Waals surface area contributed by atoms with Gasteiger partial charge in [0.2, 0.25) is 0 Å². The maximum Gasteiger partial charge on any atom is 0.278 e. The molecule has 150 valence electrons. The highest BCUT2D eigenvalue weighted by molar-refractivity contribution is 5.65. The third-order valence-electron chi connectivity index (χ3n) is 5.76. The molecule has 0 unspecified atom stereocenters. The van der Waals surface area contributed by atoms with Gasteiger partial charge in [0.25, 0.3) is 5.56 Å². The van der Waals surface area contributed by atoms with Gasteiger partial charge in [-0.15, -0.1) is 5.10 Å². The first-order valence-electron chi connectivity index (χ1n) is 10.0. The predicted octanol–water partition coefficient (Wildman–Crippen LogP) is 3.80. The zero-order valence-corrected chi connectivity index (χ0v) is 17.5. The predicted molar refractivity (Wildman–Crippen MR) is 114 cm³/mol. The van der Waals surface area contributed by atoms with E-state index in [-0.39, 0.29) is 5.56 Å². The highest BCUT2D eigenvalue weighted by Crippen LogP contribution is 2.29. The van der Waals surface area contributed by atoms with Crippen molar-refractivity contribution in [2.45, 2.75) is 46.5 Å². The van der Waals surface area contributed by atoms with Crippen molar-refractivity contribution < 1.29 is 0 Å². The largest absolute Gasteiger partial charge is 0.293 e. The van der Waals surface area contributed by atoms with Crippen LogP contribution in [0.4, 0.5) is 0 Å². The molecule has 7 heteroatoms. The van der Waals surface area contributed by atoms with Crippen LogP contribution in [0, 0.1) is 13.8 Å². The normalized spacial score (nSPS) is 11.7. The summed E-state index contributed by atoms with van der Waals surface area (Å²) in [6.07, 6.45) is 5.18. The van der Waals surface area contributed by atoms with Crippen LogP contribution in [0.5, 0.6) is 0 Å². The van der Waals surface area contributed by atoms with Crippen molar-refractivity contribution in [3.63, 3.8) is 0 Å². The Balaban J connectivity index is 1.91. The summed E-state index contributed by atoms with van der Waals surface area (Å²) in [6.45, 7) is 8.36. The van der Waals surface area contributed by atoms with Gasteiger partial charge in [-0.2, -0.15) is 5.10 Å². The maximum atomic E-state index is 13.3. The van der Waals surface area contributed by atoms with Crippen LogP contribution in [0.3, 0.4) is 0 Å². The Morgan fingerprint density at radius 3 is 2.48 bits per heavy atom. The first-order chi connectivity index (χ1) is 14.0. The second kappa shape index (κ2) is 7.31. The summed E-state index contributed by atoms with van der Waals surface area (Å²) in [7, 11) is 1.80. The second-order valence-electron chi connectivity index (χ2n) is 7.54. The van der Waals surface area contributed by atoms with Crippen molar-refractivity contribution in [1.82, 2.24) is 28.9 Å². The molecule has 3 heterocycles. The lowest BCUT2D eigenvalue weighted by molar-refractivity contribution is 0.644. The molecule has 4 aromatic rings. The van der Waals surface area contributed by atoms with Crippen LogP contribution in [-0.2, 0) is 7.05 Å². The molecule has 1 aromatic carbocycles. The van der Waals surface area contributed by atoms with E-state index >= 15 is 0 Å². The van der Waals surface area contributed by atoms with Gasteiger partial charge in [0.1, 0.15) is 18.2 Å². The van der Waals surface area contributed by atoms with E-state index in [0.717, 1.165) is 40.9 Å². The van der Waals surface area contributed by atoms with Crippen LogP contribution in [0.15, 0.2) is 41.7 Å². The molecule has 0 radical (unpaired) electrons. The van der Waals surface area contributed by atoms with Crippen LogP contribution in [-0.4, -0.2) is 28.9 Å². The van der Waals surface area contributed by atoms with E-state index in [1.165, 1.54) is 6.33 Å². The molecule has 0 aliphatic rings. The van der Waals surface area contributed by atoms with Crippen molar-refractivity contribution in [3.05, 3.63) is 64.1 Å². The Labute approximate surface area is 169 Å². The van der Waals surface area contributed by atoms with Crippen molar-refractivity contribution in [1.29, 1.82) is 0 Å². The monoisotopic (exact) mass is 390 g/mol. The van der Waals surface area contributed by atoms with E-state index in [1.54, 1.807) is 22.6 Å². The van der Waals surface area contributed by atoms with Gasteiger partial charge >= 0.3 is 0 Å². The fraction of sp³-hybridized carbons (Fsp3) is 0.364. The summed E-state index contributed by atoms with van der Waals surface area (Å²) >= 11 is 0. The van der Waals surface area contributed by atoms with Crippen molar-refractivity contribution in [3.8, 4) is 17.1 Å². The number of hydrogen-bond donors (Lipinski definition) is 0. The third-order valence-corrected chi connectivity index (χ3v) is 5.76. The zero-order chi connectivity index (χ0) is 20.7. The van der Waals surface area contributed by atoms with E-state index in [0.29, 0.717) is 17.3 Å². The molecule has 0 saturated heterocycles. The van der Waals surface area contributed by atoms with Gasteiger partial charge in [0, 0.05) is 18.3 Å². The molecule has 0 fully saturated rings. The quantitative estimate of drug-likeness (QED) is 0.520. The number of nitrogens with zero attached hydrogens (tertiary/aromatic N) is 6. The lowest BCUT2D eigenvalue weighted by Crippen LogP contribution is -2.24. The van der Waals surface area contributed by atoms with Gasteiger partial charge in [-0.1, -0.05) is 13.8 Å². The number of benzene rings is 1. The van der Waals surface area contributed by atoms with Gasteiger partial charge in [-0.25, -0.2) is 14.2 Å². The Morgan fingerprint density at radius 1 is 1.10 bits per heavy atom. The lowest BCUT2D eigenvalue weighted by Gasteiger charge is -2.14. The zero-order valence-electron chi connectivity index (χ0n) is 17.5. The van der Waals surface area contributed by atoms with Crippen LogP contribution in [0.25, 0.3) is 22.6 Å². The molecule has 29 heavy (non-hydrogen) atoms. The highest BCUT2D eigenvalue weighted by atomic mass is 16.1. The average molecular weight is 390 g/mol.